The Balaban J connectivity index is 2.15. The second-order valence-corrected chi connectivity index (χ2v) is 4.23. The van der Waals surface area contributed by atoms with Gasteiger partial charge in [0.1, 0.15) is 5.82 Å². The van der Waals surface area contributed by atoms with Crippen LogP contribution in [0.2, 0.25) is 5.15 Å². The fourth-order valence-corrected chi connectivity index (χ4v) is 2.32. The summed E-state index contributed by atoms with van der Waals surface area (Å²) in [6.07, 6.45) is 0. The molecular weight excluding hydrogens is 222 g/mol. The molecule has 4 heteroatoms. The molecule has 1 aromatic carbocycles. The average molecular weight is 234 g/mol. The zero-order valence-corrected chi connectivity index (χ0v) is 9.54. The number of aromatic nitrogens is 2. The van der Waals surface area contributed by atoms with Gasteiger partial charge in [-0.3, -0.25) is 0 Å². The summed E-state index contributed by atoms with van der Waals surface area (Å²) in [7, 11) is 0. The maximum absolute atomic E-state index is 6.14. The van der Waals surface area contributed by atoms with Gasteiger partial charge in [0.25, 0.3) is 0 Å². The van der Waals surface area contributed by atoms with E-state index in [1.54, 1.807) is 0 Å². The van der Waals surface area contributed by atoms with E-state index in [4.69, 9.17) is 11.6 Å². The summed E-state index contributed by atoms with van der Waals surface area (Å²) >= 11 is 6.14. The average Bonchev–Trinajstić information content (AvgIpc) is 2.69. The minimum atomic E-state index is 0.617. The summed E-state index contributed by atoms with van der Waals surface area (Å²) in [5.74, 6) is 0.974. The maximum atomic E-state index is 6.14. The van der Waals surface area contributed by atoms with E-state index in [1.165, 1.54) is 0 Å². The van der Waals surface area contributed by atoms with E-state index in [2.05, 4.69) is 27.0 Å². The highest BCUT2D eigenvalue weighted by Crippen LogP contribution is 2.26. The fraction of sp³-hybridized carbons (Fsp3) is 0.250. The Morgan fingerprint density at radius 1 is 1.25 bits per heavy atom. The van der Waals surface area contributed by atoms with Crippen LogP contribution >= 0.6 is 11.6 Å². The van der Waals surface area contributed by atoms with Crippen molar-refractivity contribution in [2.24, 2.45) is 0 Å². The van der Waals surface area contributed by atoms with Crippen molar-refractivity contribution >= 4 is 11.6 Å². The van der Waals surface area contributed by atoms with Crippen molar-refractivity contribution in [3.8, 4) is 11.4 Å². The van der Waals surface area contributed by atoms with Crippen LogP contribution in [0.25, 0.3) is 11.4 Å². The molecule has 82 valence electrons. The van der Waals surface area contributed by atoms with Crippen molar-refractivity contribution < 1.29 is 0 Å². The lowest BCUT2D eigenvalue weighted by Gasteiger charge is -2.17. The standard InChI is InChI=1S/C12H12ClN3/c13-11-10-8-14-6-7-16(10)12(15-11)9-4-2-1-3-5-9/h1-5,14H,6-8H2. The Morgan fingerprint density at radius 2 is 2.06 bits per heavy atom. The number of fused-ring (bicyclic) bond motifs is 1. The van der Waals surface area contributed by atoms with E-state index in [0.717, 1.165) is 36.7 Å². The number of halogens is 1. The Kier molecular flexibility index (Phi) is 2.42. The largest absolute Gasteiger partial charge is 0.324 e. The van der Waals surface area contributed by atoms with Crippen molar-refractivity contribution in [3.63, 3.8) is 0 Å². The predicted octanol–water partition coefficient (Wildman–Crippen LogP) is 2.31. The second-order valence-electron chi connectivity index (χ2n) is 3.87. The topological polar surface area (TPSA) is 29.9 Å². The van der Waals surface area contributed by atoms with Gasteiger partial charge >= 0.3 is 0 Å². The van der Waals surface area contributed by atoms with Crippen LogP contribution < -0.4 is 5.32 Å². The molecule has 0 radical (unpaired) electrons. The lowest BCUT2D eigenvalue weighted by molar-refractivity contribution is 0.520. The van der Waals surface area contributed by atoms with Crippen LogP contribution in [0.15, 0.2) is 30.3 Å². The van der Waals surface area contributed by atoms with Gasteiger partial charge < -0.3 is 9.88 Å². The van der Waals surface area contributed by atoms with Crippen LogP contribution in [0.1, 0.15) is 5.69 Å². The highest BCUT2D eigenvalue weighted by Gasteiger charge is 2.18. The molecule has 16 heavy (non-hydrogen) atoms. The summed E-state index contributed by atoms with van der Waals surface area (Å²) in [4.78, 5) is 4.45. The van der Waals surface area contributed by atoms with Crippen LogP contribution in [-0.2, 0) is 13.1 Å². The molecule has 2 aromatic rings. The van der Waals surface area contributed by atoms with Crippen molar-refractivity contribution in [2.75, 3.05) is 6.54 Å². The number of benzene rings is 1. The van der Waals surface area contributed by atoms with Gasteiger partial charge in [-0.2, -0.15) is 0 Å². The van der Waals surface area contributed by atoms with Crippen LogP contribution in [0.3, 0.4) is 0 Å². The van der Waals surface area contributed by atoms with E-state index >= 15 is 0 Å². The summed E-state index contributed by atoms with van der Waals surface area (Å²) in [5.41, 5.74) is 2.21. The molecule has 0 amide bonds. The molecule has 0 bridgehead atoms. The van der Waals surface area contributed by atoms with Crippen LogP contribution in [-0.4, -0.2) is 16.1 Å². The van der Waals surface area contributed by atoms with Crippen LogP contribution in [0.4, 0.5) is 0 Å². The summed E-state index contributed by atoms with van der Waals surface area (Å²) in [5, 5.41) is 3.92. The van der Waals surface area contributed by atoms with Crippen molar-refractivity contribution in [2.45, 2.75) is 13.1 Å². The predicted molar refractivity (Wildman–Crippen MR) is 64.4 cm³/mol. The SMILES string of the molecule is Clc1nc(-c2ccccc2)n2c1CNCC2. The molecule has 0 saturated heterocycles. The fourth-order valence-electron chi connectivity index (χ4n) is 2.07. The lowest BCUT2D eigenvalue weighted by atomic mass is 10.2. The number of imidazole rings is 1. The molecule has 2 heterocycles. The number of hydrogen-bond acceptors (Lipinski definition) is 2. The molecule has 3 nitrogen and oxygen atoms in total. The Morgan fingerprint density at radius 3 is 2.88 bits per heavy atom. The van der Waals surface area contributed by atoms with Gasteiger partial charge in [0.05, 0.1) is 5.69 Å². The molecule has 0 spiro atoms. The number of nitrogens with one attached hydrogen (secondary N) is 1. The number of nitrogens with zero attached hydrogens (tertiary/aromatic N) is 2. The zero-order chi connectivity index (χ0) is 11.0. The summed E-state index contributed by atoms with van der Waals surface area (Å²) < 4.78 is 2.20. The molecule has 0 fully saturated rings. The van der Waals surface area contributed by atoms with Gasteiger partial charge in [-0.25, -0.2) is 4.98 Å². The molecule has 3 rings (SSSR count). The molecule has 1 aliphatic rings. The van der Waals surface area contributed by atoms with E-state index in [0.29, 0.717) is 5.15 Å². The molecule has 0 unspecified atom stereocenters. The third-order valence-electron chi connectivity index (χ3n) is 2.86. The molecule has 1 aromatic heterocycles. The Hall–Kier alpha value is -1.32. The van der Waals surface area contributed by atoms with E-state index in [9.17, 15) is 0 Å². The second kappa shape index (κ2) is 3.92. The van der Waals surface area contributed by atoms with E-state index in [-0.39, 0.29) is 0 Å². The van der Waals surface area contributed by atoms with Gasteiger partial charge in [0, 0.05) is 25.2 Å². The van der Waals surface area contributed by atoms with Gasteiger partial charge in [-0.15, -0.1) is 0 Å². The molecule has 1 N–H and O–H groups in total. The highest BCUT2D eigenvalue weighted by atomic mass is 35.5. The van der Waals surface area contributed by atoms with Crippen LogP contribution in [0.5, 0.6) is 0 Å². The normalized spacial score (nSPS) is 14.8. The monoisotopic (exact) mass is 233 g/mol. The van der Waals surface area contributed by atoms with Gasteiger partial charge in [0.2, 0.25) is 0 Å². The van der Waals surface area contributed by atoms with Gasteiger partial charge in [0.15, 0.2) is 5.15 Å². The number of rotatable bonds is 1. The Labute approximate surface area is 99.1 Å². The molecular formula is C12H12ClN3. The highest BCUT2D eigenvalue weighted by molar-refractivity contribution is 6.30. The molecule has 0 saturated carbocycles. The van der Waals surface area contributed by atoms with Gasteiger partial charge in [-0.05, 0) is 0 Å². The first-order chi connectivity index (χ1) is 7.86. The smallest absolute Gasteiger partial charge is 0.152 e. The minimum absolute atomic E-state index is 0.617. The maximum Gasteiger partial charge on any atom is 0.152 e. The molecule has 0 atom stereocenters. The van der Waals surface area contributed by atoms with Gasteiger partial charge in [-0.1, -0.05) is 41.9 Å². The first-order valence-corrected chi connectivity index (χ1v) is 5.75. The van der Waals surface area contributed by atoms with E-state index in [1.807, 2.05) is 18.2 Å². The molecule has 1 aliphatic heterocycles. The Bertz CT molecular complexity index is 504. The minimum Gasteiger partial charge on any atom is -0.324 e. The zero-order valence-electron chi connectivity index (χ0n) is 8.78. The van der Waals surface area contributed by atoms with Crippen molar-refractivity contribution in [1.82, 2.24) is 14.9 Å². The third kappa shape index (κ3) is 1.52. The number of hydrogen-bond donors (Lipinski definition) is 1. The van der Waals surface area contributed by atoms with Crippen molar-refractivity contribution in [3.05, 3.63) is 41.2 Å². The summed E-state index contributed by atoms with van der Waals surface area (Å²) in [6, 6.07) is 10.2. The quantitative estimate of drug-likeness (QED) is 0.819. The first-order valence-electron chi connectivity index (χ1n) is 5.37. The van der Waals surface area contributed by atoms with Crippen molar-refractivity contribution in [1.29, 1.82) is 0 Å². The first kappa shape index (κ1) is 9.87. The van der Waals surface area contributed by atoms with E-state index < -0.39 is 0 Å². The third-order valence-corrected chi connectivity index (χ3v) is 3.16. The van der Waals surface area contributed by atoms with Crippen LogP contribution in [0, 0.1) is 0 Å². The molecule has 0 aliphatic carbocycles. The summed E-state index contributed by atoms with van der Waals surface area (Å²) in [6.45, 7) is 2.71. The lowest BCUT2D eigenvalue weighted by Crippen LogP contribution is -2.28.